The second-order valence-electron chi connectivity index (χ2n) is 5.84. The van der Waals surface area contributed by atoms with Crippen molar-refractivity contribution >= 4 is 0 Å². The summed E-state index contributed by atoms with van der Waals surface area (Å²) in [6, 6.07) is 5.32. The van der Waals surface area contributed by atoms with E-state index in [1.54, 1.807) is 6.07 Å². The highest BCUT2D eigenvalue weighted by molar-refractivity contribution is 5.26. The molecule has 1 aromatic rings. The molecule has 0 radical (unpaired) electrons. The number of alkyl halides is 3. The molecule has 20 heavy (non-hydrogen) atoms. The SMILES string of the molecule is NC(Cc1cccc(C(F)(F)F)c1)C1CC2CCC1O2. The molecular formula is C15H18F3NO. The minimum Gasteiger partial charge on any atom is -0.375 e. The van der Waals surface area contributed by atoms with Crippen LogP contribution in [0.5, 0.6) is 0 Å². The van der Waals surface area contributed by atoms with Crippen LogP contribution in [0.3, 0.4) is 0 Å². The van der Waals surface area contributed by atoms with Gasteiger partial charge in [0.1, 0.15) is 0 Å². The van der Waals surface area contributed by atoms with E-state index in [4.69, 9.17) is 10.5 Å². The maximum atomic E-state index is 12.7. The molecule has 2 heterocycles. The Bertz CT molecular complexity index is 488. The first-order chi connectivity index (χ1) is 9.43. The van der Waals surface area contributed by atoms with Crippen molar-refractivity contribution in [1.82, 2.24) is 0 Å². The van der Waals surface area contributed by atoms with Crippen molar-refractivity contribution in [2.24, 2.45) is 11.7 Å². The van der Waals surface area contributed by atoms with Crippen LogP contribution in [0.25, 0.3) is 0 Å². The molecule has 0 amide bonds. The summed E-state index contributed by atoms with van der Waals surface area (Å²) in [5.74, 6) is 0.281. The van der Waals surface area contributed by atoms with E-state index >= 15 is 0 Å². The fourth-order valence-corrected chi connectivity index (χ4v) is 3.43. The minimum atomic E-state index is -4.30. The Kier molecular flexibility index (Phi) is 3.50. The maximum Gasteiger partial charge on any atom is 0.416 e. The van der Waals surface area contributed by atoms with Crippen molar-refractivity contribution in [3.05, 3.63) is 35.4 Å². The molecule has 2 fully saturated rings. The number of fused-ring (bicyclic) bond motifs is 2. The van der Waals surface area contributed by atoms with Crippen LogP contribution in [0, 0.1) is 5.92 Å². The first kappa shape index (κ1) is 13.9. The molecule has 110 valence electrons. The van der Waals surface area contributed by atoms with Gasteiger partial charge in [-0.15, -0.1) is 0 Å². The Balaban J connectivity index is 1.68. The second kappa shape index (κ2) is 5.04. The topological polar surface area (TPSA) is 35.2 Å². The van der Waals surface area contributed by atoms with Gasteiger partial charge in [-0.3, -0.25) is 0 Å². The average molecular weight is 285 g/mol. The van der Waals surface area contributed by atoms with E-state index in [0.717, 1.165) is 25.3 Å². The Morgan fingerprint density at radius 3 is 2.70 bits per heavy atom. The molecule has 0 aromatic heterocycles. The standard InChI is InChI=1S/C15H18F3NO/c16-15(17,18)10-3-1-2-9(6-10)7-13(19)12-8-11-4-5-14(12)20-11/h1-3,6,11-14H,4-5,7-8,19H2. The zero-order valence-electron chi connectivity index (χ0n) is 11.1. The quantitative estimate of drug-likeness (QED) is 0.926. The summed E-state index contributed by atoms with van der Waals surface area (Å²) in [6.45, 7) is 0. The van der Waals surface area contributed by atoms with E-state index in [1.807, 2.05) is 0 Å². The van der Waals surface area contributed by atoms with Crippen LogP contribution >= 0.6 is 0 Å². The van der Waals surface area contributed by atoms with Gasteiger partial charge in [-0.1, -0.05) is 18.2 Å². The molecule has 3 rings (SSSR count). The number of hydrogen-bond acceptors (Lipinski definition) is 2. The molecule has 2 aliphatic heterocycles. The van der Waals surface area contributed by atoms with Gasteiger partial charge in [0, 0.05) is 12.0 Å². The van der Waals surface area contributed by atoms with Crippen molar-refractivity contribution in [2.45, 2.75) is 50.1 Å². The molecule has 2 nitrogen and oxygen atoms in total. The highest BCUT2D eigenvalue weighted by atomic mass is 19.4. The van der Waals surface area contributed by atoms with Gasteiger partial charge in [0.25, 0.3) is 0 Å². The summed E-state index contributed by atoms with van der Waals surface area (Å²) in [4.78, 5) is 0. The molecule has 2 N–H and O–H groups in total. The van der Waals surface area contributed by atoms with Gasteiger partial charge in [0.2, 0.25) is 0 Å². The predicted octanol–water partition coefficient (Wildman–Crippen LogP) is 3.14. The summed E-state index contributed by atoms with van der Waals surface area (Å²) in [6.07, 6.45) is -0.219. The van der Waals surface area contributed by atoms with Crippen LogP contribution in [0.1, 0.15) is 30.4 Å². The van der Waals surface area contributed by atoms with Crippen LogP contribution in [-0.4, -0.2) is 18.2 Å². The van der Waals surface area contributed by atoms with E-state index in [2.05, 4.69) is 0 Å². The van der Waals surface area contributed by atoms with Gasteiger partial charge in [-0.25, -0.2) is 0 Å². The second-order valence-corrected chi connectivity index (χ2v) is 5.84. The van der Waals surface area contributed by atoms with Crippen molar-refractivity contribution < 1.29 is 17.9 Å². The van der Waals surface area contributed by atoms with Gasteiger partial charge in [-0.2, -0.15) is 13.2 Å². The Labute approximate surface area is 116 Å². The van der Waals surface area contributed by atoms with Crippen molar-refractivity contribution in [3.63, 3.8) is 0 Å². The van der Waals surface area contributed by atoms with E-state index in [1.165, 1.54) is 12.1 Å². The van der Waals surface area contributed by atoms with Gasteiger partial charge in [0.15, 0.2) is 0 Å². The largest absolute Gasteiger partial charge is 0.416 e. The molecule has 0 aliphatic carbocycles. The monoisotopic (exact) mass is 285 g/mol. The molecule has 1 aromatic carbocycles. The first-order valence-electron chi connectivity index (χ1n) is 7.00. The van der Waals surface area contributed by atoms with Crippen molar-refractivity contribution in [3.8, 4) is 0 Å². The summed E-state index contributed by atoms with van der Waals surface area (Å²) >= 11 is 0. The molecule has 2 aliphatic rings. The number of halogens is 3. The number of hydrogen-bond donors (Lipinski definition) is 1. The molecule has 4 unspecified atom stereocenters. The van der Waals surface area contributed by atoms with E-state index in [9.17, 15) is 13.2 Å². The van der Waals surface area contributed by atoms with Crippen LogP contribution in [0.15, 0.2) is 24.3 Å². The maximum absolute atomic E-state index is 12.7. The average Bonchev–Trinajstić information content (AvgIpc) is 3.00. The van der Waals surface area contributed by atoms with Gasteiger partial charge < -0.3 is 10.5 Å². The summed E-state index contributed by atoms with van der Waals surface area (Å²) < 4.78 is 43.8. The van der Waals surface area contributed by atoms with Gasteiger partial charge in [-0.05, 0) is 37.3 Å². The molecule has 4 atom stereocenters. The lowest BCUT2D eigenvalue weighted by Crippen LogP contribution is -2.38. The third-order valence-electron chi connectivity index (χ3n) is 4.43. The lowest BCUT2D eigenvalue weighted by Gasteiger charge is -2.25. The van der Waals surface area contributed by atoms with E-state index in [0.29, 0.717) is 18.1 Å². The molecule has 0 spiro atoms. The fourth-order valence-electron chi connectivity index (χ4n) is 3.43. The molecule has 2 saturated heterocycles. The smallest absolute Gasteiger partial charge is 0.375 e. The fraction of sp³-hybridized carbons (Fsp3) is 0.600. The minimum absolute atomic E-state index is 0.131. The summed E-state index contributed by atoms with van der Waals surface area (Å²) in [7, 11) is 0. The molecule has 5 heteroatoms. The van der Waals surface area contributed by atoms with E-state index in [-0.39, 0.29) is 18.1 Å². The zero-order chi connectivity index (χ0) is 14.3. The van der Waals surface area contributed by atoms with Gasteiger partial charge >= 0.3 is 6.18 Å². The highest BCUT2D eigenvalue weighted by Crippen LogP contribution is 2.40. The third-order valence-corrected chi connectivity index (χ3v) is 4.43. The van der Waals surface area contributed by atoms with E-state index < -0.39 is 11.7 Å². The first-order valence-corrected chi connectivity index (χ1v) is 7.00. The van der Waals surface area contributed by atoms with Crippen LogP contribution in [0.4, 0.5) is 13.2 Å². The molecule has 2 bridgehead atoms. The lowest BCUT2D eigenvalue weighted by atomic mass is 9.82. The zero-order valence-corrected chi connectivity index (χ0v) is 11.1. The van der Waals surface area contributed by atoms with Crippen molar-refractivity contribution in [2.75, 3.05) is 0 Å². The Hall–Kier alpha value is -1.07. The van der Waals surface area contributed by atoms with Crippen LogP contribution < -0.4 is 5.73 Å². The van der Waals surface area contributed by atoms with Crippen LogP contribution in [0.2, 0.25) is 0 Å². The number of ether oxygens (including phenoxy) is 1. The predicted molar refractivity (Wildman–Crippen MR) is 69.1 cm³/mol. The summed E-state index contributed by atoms with van der Waals surface area (Å²) in [5.41, 5.74) is 6.24. The van der Waals surface area contributed by atoms with Gasteiger partial charge in [0.05, 0.1) is 17.8 Å². The third kappa shape index (κ3) is 2.69. The summed E-state index contributed by atoms with van der Waals surface area (Å²) in [5, 5.41) is 0. The number of nitrogens with two attached hydrogens (primary N) is 1. The molecular weight excluding hydrogens is 267 g/mol. The normalized spacial score (nSPS) is 30.7. The number of rotatable bonds is 3. The van der Waals surface area contributed by atoms with Crippen molar-refractivity contribution in [1.29, 1.82) is 0 Å². The highest BCUT2D eigenvalue weighted by Gasteiger charge is 2.43. The Morgan fingerprint density at radius 1 is 1.30 bits per heavy atom. The number of benzene rings is 1. The Morgan fingerprint density at radius 2 is 2.10 bits per heavy atom. The molecule has 0 saturated carbocycles. The van der Waals surface area contributed by atoms with Crippen LogP contribution in [-0.2, 0) is 17.3 Å². The lowest BCUT2D eigenvalue weighted by molar-refractivity contribution is -0.137.